The number of para-hydroxylation sites is 1. The molecule has 0 atom stereocenters. The van der Waals surface area contributed by atoms with Crippen LogP contribution in [0.15, 0.2) is 52.7 Å². The molecule has 158 valence electrons. The van der Waals surface area contributed by atoms with Gasteiger partial charge < -0.3 is 24.8 Å². The predicted octanol–water partition coefficient (Wildman–Crippen LogP) is 1.60. The molecule has 0 unspecified atom stereocenters. The average Bonchev–Trinajstić information content (AvgIpc) is 3.42. The molecule has 3 aromatic rings. The summed E-state index contributed by atoms with van der Waals surface area (Å²) in [6, 6.07) is 9.61. The van der Waals surface area contributed by atoms with Gasteiger partial charge in [0.15, 0.2) is 0 Å². The van der Waals surface area contributed by atoms with Gasteiger partial charge in [-0.1, -0.05) is 18.2 Å². The van der Waals surface area contributed by atoms with Crippen LogP contribution in [-0.4, -0.2) is 40.4 Å². The molecule has 0 radical (unpaired) electrons. The molecule has 1 aromatic carbocycles. The maximum Gasteiger partial charge on any atom is 0.373 e. The molecule has 31 heavy (non-hydrogen) atoms. The molecule has 1 fully saturated rings. The van der Waals surface area contributed by atoms with Gasteiger partial charge in [0.25, 0.3) is 5.91 Å². The van der Waals surface area contributed by atoms with Gasteiger partial charge in [-0.15, -0.1) is 0 Å². The van der Waals surface area contributed by atoms with Crippen LogP contribution in [0.25, 0.3) is 17.0 Å². The summed E-state index contributed by atoms with van der Waals surface area (Å²) in [5, 5.41) is 3.34. The lowest BCUT2D eigenvalue weighted by atomic mass is 10.1. The summed E-state index contributed by atoms with van der Waals surface area (Å²) in [5.41, 5.74) is 6.81. The van der Waals surface area contributed by atoms with Gasteiger partial charge in [0.05, 0.1) is 13.7 Å². The van der Waals surface area contributed by atoms with Crippen molar-refractivity contribution in [3.63, 3.8) is 0 Å². The first-order chi connectivity index (χ1) is 14.9. The smallest absolute Gasteiger partial charge is 0.373 e. The summed E-state index contributed by atoms with van der Waals surface area (Å²) in [5.74, 6) is -1.48. The highest BCUT2D eigenvalue weighted by Gasteiger charge is 2.34. The topological polar surface area (TPSA) is 137 Å². The SMILES string of the molecule is COC(=O)c1ccc(CN2C(=O)NC(=Cc3cn(CC(N)=O)c4ccccc34)C2=O)o1. The third-order valence-corrected chi connectivity index (χ3v) is 4.77. The minimum absolute atomic E-state index is 0.0167. The van der Waals surface area contributed by atoms with Crippen LogP contribution in [0.3, 0.4) is 0 Å². The van der Waals surface area contributed by atoms with E-state index in [9.17, 15) is 19.2 Å². The van der Waals surface area contributed by atoms with Gasteiger partial charge in [0.2, 0.25) is 11.7 Å². The second-order valence-corrected chi connectivity index (χ2v) is 6.83. The Morgan fingerprint density at radius 2 is 1.97 bits per heavy atom. The van der Waals surface area contributed by atoms with Crippen molar-refractivity contribution in [2.75, 3.05) is 7.11 Å². The zero-order valence-electron chi connectivity index (χ0n) is 16.5. The van der Waals surface area contributed by atoms with Crippen molar-refractivity contribution >= 4 is 40.8 Å². The maximum atomic E-state index is 12.8. The maximum absolute atomic E-state index is 12.8. The number of amides is 4. The standard InChI is InChI=1S/C21H18N4O6/c1-30-20(28)17-7-6-13(31-17)10-25-19(27)15(23-21(25)29)8-12-9-24(11-18(22)26)16-5-3-2-4-14(12)16/h2-9H,10-11H2,1H3,(H2,22,26)(H,23,29). The van der Waals surface area contributed by atoms with Gasteiger partial charge in [0, 0.05) is 22.7 Å². The summed E-state index contributed by atoms with van der Waals surface area (Å²) >= 11 is 0. The summed E-state index contributed by atoms with van der Waals surface area (Å²) in [6.07, 6.45) is 3.24. The number of nitrogens with two attached hydrogens (primary N) is 1. The third-order valence-electron chi connectivity index (χ3n) is 4.77. The van der Waals surface area contributed by atoms with Crippen molar-refractivity contribution in [3.8, 4) is 0 Å². The molecule has 0 saturated carbocycles. The number of imide groups is 1. The highest BCUT2D eigenvalue weighted by molar-refractivity contribution is 6.14. The number of carbonyl (C=O) groups excluding carboxylic acids is 4. The van der Waals surface area contributed by atoms with Crippen LogP contribution >= 0.6 is 0 Å². The number of carbonyl (C=O) groups is 4. The lowest BCUT2D eigenvalue weighted by Gasteiger charge is -2.09. The van der Waals surface area contributed by atoms with Crippen LogP contribution in [0.2, 0.25) is 0 Å². The van der Waals surface area contributed by atoms with Crippen LogP contribution in [0, 0.1) is 0 Å². The van der Waals surface area contributed by atoms with E-state index < -0.39 is 23.8 Å². The first kappa shape index (κ1) is 20.0. The first-order valence-corrected chi connectivity index (χ1v) is 9.25. The van der Waals surface area contributed by atoms with Crippen molar-refractivity contribution in [1.82, 2.24) is 14.8 Å². The van der Waals surface area contributed by atoms with Gasteiger partial charge >= 0.3 is 12.0 Å². The van der Waals surface area contributed by atoms with E-state index in [4.69, 9.17) is 10.2 Å². The van der Waals surface area contributed by atoms with E-state index in [0.29, 0.717) is 5.56 Å². The largest absolute Gasteiger partial charge is 0.463 e. The number of rotatable bonds is 6. The number of furan rings is 1. The van der Waals surface area contributed by atoms with Crippen molar-refractivity contribution in [1.29, 1.82) is 0 Å². The molecule has 0 aliphatic carbocycles. The Morgan fingerprint density at radius 3 is 2.71 bits per heavy atom. The number of nitrogens with one attached hydrogen (secondary N) is 1. The van der Waals surface area contributed by atoms with Crippen molar-refractivity contribution in [3.05, 3.63) is 65.4 Å². The van der Waals surface area contributed by atoms with E-state index in [-0.39, 0.29) is 30.3 Å². The fourth-order valence-corrected chi connectivity index (χ4v) is 3.39. The summed E-state index contributed by atoms with van der Waals surface area (Å²) in [4.78, 5) is 49.0. The Hall–Kier alpha value is -4.34. The first-order valence-electron chi connectivity index (χ1n) is 9.25. The van der Waals surface area contributed by atoms with Crippen LogP contribution in [0.4, 0.5) is 4.79 Å². The Bertz CT molecular complexity index is 1250. The summed E-state index contributed by atoms with van der Waals surface area (Å²) in [7, 11) is 1.22. The molecule has 3 heterocycles. The van der Waals surface area contributed by atoms with E-state index in [1.54, 1.807) is 16.8 Å². The lowest BCUT2D eigenvalue weighted by molar-refractivity contribution is -0.123. The van der Waals surface area contributed by atoms with E-state index in [1.165, 1.54) is 19.2 Å². The molecule has 1 aliphatic rings. The average molecular weight is 422 g/mol. The van der Waals surface area contributed by atoms with Crippen molar-refractivity contribution < 1.29 is 28.3 Å². The molecule has 4 amide bonds. The second kappa shape index (κ2) is 7.82. The fraction of sp³-hybridized carbons (Fsp3) is 0.143. The van der Waals surface area contributed by atoms with Gasteiger partial charge in [0.1, 0.15) is 18.0 Å². The highest BCUT2D eigenvalue weighted by atomic mass is 16.5. The third kappa shape index (κ3) is 3.78. The molecule has 10 nitrogen and oxygen atoms in total. The van der Waals surface area contributed by atoms with E-state index in [0.717, 1.165) is 15.8 Å². The van der Waals surface area contributed by atoms with Crippen LogP contribution in [0.1, 0.15) is 21.9 Å². The Kier molecular flexibility index (Phi) is 5.04. The van der Waals surface area contributed by atoms with Gasteiger partial charge in [-0.05, 0) is 24.3 Å². The number of ether oxygens (including phenoxy) is 1. The number of fused-ring (bicyclic) bond motifs is 1. The number of benzene rings is 1. The molecular weight excluding hydrogens is 404 g/mol. The lowest BCUT2D eigenvalue weighted by Crippen LogP contribution is -2.30. The van der Waals surface area contributed by atoms with Gasteiger partial charge in [-0.2, -0.15) is 0 Å². The number of esters is 1. The van der Waals surface area contributed by atoms with Gasteiger partial charge in [-0.25, -0.2) is 9.59 Å². The Balaban J connectivity index is 1.61. The van der Waals surface area contributed by atoms with Crippen molar-refractivity contribution in [2.24, 2.45) is 5.73 Å². The van der Waals surface area contributed by atoms with E-state index in [2.05, 4.69) is 10.1 Å². The van der Waals surface area contributed by atoms with Crippen molar-refractivity contribution in [2.45, 2.75) is 13.1 Å². The number of primary amides is 1. The van der Waals surface area contributed by atoms with E-state index in [1.807, 2.05) is 24.3 Å². The normalized spacial score (nSPS) is 15.0. The zero-order valence-corrected chi connectivity index (χ0v) is 16.5. The quantitative estimate of drug-likeness (QED) is 0.352. The monoisotopic (exact) mass is 422 g/mol. The molecule has 0 spiro atoms. The molecule has 4 rings (SSSR count). The van der Waals surface area contributed by atoms with Gasteiger partial charge in [-0.3, -0.25) is 14.5 Å². The Labute approximate surface area is 175 Å². The minimum atomic E-state index is -0.656. The number of aromatic nitrogens is 1. The summed E-state index contributed by atoms with van der Waals surface area (Å²) in [6.45, 7) is -0.167. The molecule has 1 saturated heterocycles. The number of urea groups is 1. The molecule has 2 aromatic heterocycles. The fourth-order valence-electron chi connectivity index (χ4n) is 3.39. The molecule has 10 heteroatoms. The number of methoxy groups -OCH3 is 1. The number of nitrogens with zero attached hydrogens (tertiary/aromatic N) is 2. The zero-order chi connectivity index (χ0) is 22.1. The minimum Gasteiger partial charge on any atom is -0.463 e. The van der Waals surface area contributed by atoms with Crippen LogP contribution in [0.5, 0.6) is 0 Å². The number of hydrogen-bond acceptors (Lipinski definition) is 6. The Morgan fingerprint density at radius 1 is 1.19 bits per heavy atom. The molecule has 3 N–H and O–H groups in total. The molecule has 0 bridgehead atoms. The molecular formula is C21H18N4O6. The highest BCUT2D eigenvalue weighted by Crippen LogP contribution is 2.25. The second-order valence-electron chi connectivity index (χ2n) is 6.83. The van der Waals surface area contributed by atoms with Crippen LogP contribution in [-0.2, 0) is 27.4 Å². The van der Waals surface area contributed by atoms with E-state index >= 15 is 0 Å². The number of hydrogen-bond donors (Lipinski definition) is 2. The van der Waals surface area contributed by atoms with Crippen LogP contribution < -0.4 is 11.1 Å². The summed E-state index contributed by atoms with van der Waals surface area (Å²) < 4.78 is 11.6. The predicted molar refractivity (Wildman–Crippen MR) is 108 cm³/mol. The molecule has 1 aliphatic heterocycles.